The van der Waals surface area contributed by atoms with Crippen molar-refractivity contribution >= 4 is 28.7 Å². The number of rotatable bonds is 4. The normalized spacial score (nSPS) is 21.5. The number of aliphatic hydroxyl groups is 1. The predicted octanol–water partition coefficient (Wildman–Crippen LogP) is -0.519. The molecule has 1 aliphatic rings. The van der Waals surface area contributed by atoms with E-state index in [4.69, 9.17) is 5.11 Å². The first-order valence-corrected chi connectivity index (χ1v) is 6.40. The first kappa shape index (κ1) is 14.0. The van der Waals surface area contributed by atoms with Crippen LogP contribution in [-0.4, -0.2) is 46.5 Å². The minimum absolute atomic E-state index is 0.0364. The summed E-state index contributed by atoms with van der Waals surface area (Å²) < 4.78 is 0. The summed E-state index contributed by atoms with van der Waals surface area (Å²) in [5, 5.41) is 14.5. The van der Waals surface area contributed by atoms with E-state index >= 15 is 0 Å². The molecule has 3 N–H and O–H groups in total. The van der Waals surface area contributed by atoms with Crippen LogP contribution in [0.3, 0.4) is 0 Å². The molecule has 0 unspecified atom stereocenters. The van der Waals surface area contributed by atoms with Crippen molar-refractivity contribution in [2.24, 2.45) is 4.99 Å². The van der Waals surface area contributed by atoms with E-state index in [9.17, 15) is 9.59 Å². The van der Waals surface area contributed by atoms with E-state index in [2.05, 4.69) is 15.6 Å². The van der Waals surface area contributed by atoms with Gasteiger partial charge in [-0.3, -0.25) is 14.6 Å². The molecule has 0 aromatic rings. The standard InChI is InChI=1S/C10H17N3O3S/c1-6-3-8(15)13-10(12-6)17-5-9(16)11-7(2)4-14/h6-7,14H,3-5H2,1-2H3,(H,11,16)(H,12,13,15)/t6-,7+/m0/s1. The molecule has 0 aliphatic carbocycles. The molecule has 0 radical (unpaired) electrons. The molecule has 0 spiro atoms. The Labute approximate surface area is 104 Å². The van der Waals surface area contributed by atoms with Crippen LogP contribution < -0.4 is 10.6 Å². The van der Waals surface area contributed by atoms with Gasteiger partial charge in [0, 0.05) is 12.5 Å². The van der Waals surface area contributed by atoms with Gasteiger partial charge in [-0.1, -0.05) is 11.8 Å². The third kappa shape index (κ3) is 5.18. The van der Waals surface area contributed by atoms with Crippen molar-refractivity contribution in [1.82, 2.24) is 10.6 Å². The molecule has 0 saturated heterocycles. The van der Waals surface area contributed by atoms with Crippen LogP contribution in [0.5, 0.6) is 0 Å². The molecule has 96 valence electrons. The van der Waals surface area contributed by atoms with Gasteiger partial charge in [0.2, 0.25) is 11.8 Å². The van der Waals surface area contributed by atoms with Crippen molar-refractivity contribution in [3.8, 4) is 0 Å². The van der Waals surface area contributed by atoms with Gasteiger partial charge in [0.25, 0.3) is 0 Å². The van der Waals surface area contributed by atoms with Crippen LogP contribution in [-0.2, 0) is 9.59 Å². The number of carbonyl (C=O) groups excluding carboxylic acids is 2. The number of hydrogen-bond donors (Lipinski definition) is 3. The summed E-state index contributed by atoms with van der Waals surface area (Å²) in [5.74, 6) is -0.0817. The average molecular weight is 259 g/mol. The third-order valence-corrected chi connectivity index (χ3v) is 2.97. The van der Waals surface area contributed by atoms with Crippen LogP contribution in [0.1, 0.15) is 20.3 Å². The predicted molar refractivity (Wildman–Crippen MR) is 66.8 cm³/mol. The average Bonchev–Trinajstić information content (AvgIpc) is 2.25. The lowest BCUT2D eigenvalue weighted by Crippen LogP contribution is -2.39. The van der Waals surface area contributed by atoms with Crippen molar-refractivity contribution in [1.29, 1.82) is 0 Å². The number of carbonyl (C=O) groups is 2. The third-order valence-electron chi connectivity index (χ3n) is 2.09. The Bertz CT molecular complexity index is 333. The summed E-state index contributed by atoms with van der Waals surface area (Å²) >= 11 is 1.19. The lowest BCUT2D eigenvalue weighted by Gasteiger charge is -2.17. The van der Waals surface area contributed by atoms with E-state index in [-0.39, 0.29) is 36.3 Å². The van der Waals surface area contributed by atoms with E-state index in [0.717, 1.165) is 0 Å². The van der Waals surface area contributed by atoms with Gasteiger partial charge < -0.3 is 15.7 Å². The first-order valence-electron chi connectivity index (χ1n) is 5.42. The van der Waals surface area contributed by atoms with E-state index in [1.807, 2.05) is 6.92 Å². The molecule has 0 aromatic carbocycles. The molecule has 7 heteroatoms. The summed E-state index contributed by atoms with van der Waals surface area (Å²) in [6.07, 6.45) is 0.387. The molecule has 0 bridgehead atoms. The fourth-order valence-electron chi connectivity index (χ4n) is 1.29. The van der Waals surface area contributed by atoms with Crippen LogP contribution in [0.2, 0.25) is 0 Å². The SMILES string of the molecule is C[C@H](CO)NC(=O)CSC1=N[C@@H](C)CC(=O)N1. The minimum Gasteiger partial charge on any atom is -0.394 e. The Balaban J connectivity index is 2.35. The Hall–Kier alpha value is -1.08. The first-order chi connectivity index (χ1) is 8.01. The van der Waals surface area contributed by atoms with Gasteiger partial charge >= 0.3 is 0 Å². The number of aliphatic imine (C=N–C) groups is 1. The molecule has 0 fully saturated rings. The Morgan fingerprint density at radius 3 is 3.06 bits per heavy atom. The monoisotopic (exact) mass is 259 g/mol. The van der Waals surface area contributed by atoms with Crippen molar-refractivity contribution in [2.45, 2.75) is 32.4 Å². The second kappa shape index (κ2) is 6.61. The van der Waals surface area contributed by atoms with Crippen LogP contribution in [0.4, 0.5) is 0 Å². The topological polar surface area (TPSA) is 90.8 Å². The molecular formula is C10H17N3O3S. The molecule has 0 aromatic heterocycles. The number of nitrogens with zero attached hydrogens (tertiary/aromatic N) is 1. The fourth-order valence-corrected chi connectivity index (χ4v) is 2.08. The largest absolute Gasteiger partial charge is 0.394 e. The number of aliphatic hydroxyl groups excluding tert-OH is 1. The van der Waals surface area contributed by atoms with Gasteiger partial charge in [0.15, 0.2) is 5.17 Å². The molecule has 2 amide bonds. The smallest absolute Gasteiger partial charge is 0.230 e. The number of nitrogens with one attached hydrogen (secondary N) is 2. The van der Waals surface area contributed by atoms with Crippen molar-refractivity contribution < 1.29 is 14.7 Å². The zero-order chi connectivity index (χ0) is 12.8. The summed E-state index contributed by atoms with van der Waals surface area (Å²) in [7, 11) is 0. The van der Waals surface area contributed by atoms with Gasteiger partial charge in [-0.25, -0.2) is 0 Å². The summed E-state index contributed by atoms with van der Waals surface area (Å²) in [5.41, 5.74) is 0. The van der Waals surface area contributed by atoms with Crippen molar-refractivity contribution in [3.63, 3.8) is 0 Å². The molecule has 0 saturated carbocycles. The minimum atomic E-state index is -0.259. The lowest BCUT2D eigenvalue weighted by atomic mass is 10.2. The van der Waals surface area contributed by atoms with Gasteiger partial charge in [0.1, 0.15) is 0 Å². The summed E-state index contributed by atoms with van der Waals surface area (Å²) in [6, 6.07) is -0.296. The van der Waals surface area contributed by atoms with Gasteiger partial charge in [-0.2, -0.15) is 0 Å². The maximum absolute atomic E-state index is 11.4. The van der Waals surface area contributed by atoms with E-state index in [0.29, 0.717) is 11.6 Å². The summed E-state index contributed by atoms with van der Waals surface area (Å²) in [6.45, 7) is 3.48. The van der Waals surface area contributed by atoms with Crippen LogP contribution >= 0.6 is 11.8 Å². The maximum Gasteiger partial charge on any atom is 0.230 e. The van der Waals surface area contributed by atoms with E-state index in [1.165, 1.54) is 11.8 Å². The quantitative estimate of drug-likeness (QED) is 0.633. The van der Waals surface area contributed by atoms with Crippen molar-refractivity contribution in [2.75, 3.05) is 12.4 Å². The van der Waals surface area contributed by atoms with Crippen LogP contribution in [0, 0.1) is 0 Å². The van der Waals surface area contributed by atoms with Crippen molar-refractivity contribution in [3.05, 3.63) is 0 Å². The molecule has 1 heterocycles. The molecule has 6 nitrogen and oxygen atoms in total. The highest BCUT2D eigenvalue weighted by Crippen LogP contribution is 2.10. The number of amides is 2. The summed E-state index contributed by atoms with van der Waals surface area (Å²) in [4.78, 5) is 26.8. The second-order valence-corrected chi connectivity index (χ2v) is 4.94. The highest BCUT2D eigenvalue weighted by molar-refractivity contribution is 8.14. The Morgan fingerprint density at radius 2 is 2.47 bits per heavy atom. The lowest BCUT2D eigenvalue weighted by molar-refractivity contribution is -0.120. The molecule has 1 aliphatic heterocycles. The second-order valence-electron chi connectivity index (χ2n) is 3.98. The number of hydrogen-bond acceptors (Lipinski definition) is 5. The number of thioether (sulfide) groups is 1. The van der Waals surface area contributed by atoms with Gasteiger partial charge in [-0.05, 0) is 13.8 Å². The highest BCUT2D eigenvalue weighted by atomic mass is 32.2. The maximum atomic E-state index is 11.4. The highest BCUT2D eigenvalue weighted by Gasteiger charge is 2.18. The molecule has 2 atom stereocenters. The zero-order valence-electron chi connectivity index (χ0n) is 9.90. The molecule has 17 heavy (non-hydrogen) atoms. The Kier molecular flexibility index (Phi) is 5.43. The Morgan fingerprint density at radius 1 is 1.76 bits per heavy atom. The molecule has 1 rings (SSSR count). The van der Waals surface area contributed by atoms with E-state index < -0.39 is 0 Å². The van der Waals surface area contributed by atoms with Gasteiger partial charge in [-0.15, -0.1) is 0 Å². The van der Waals surface area contributed by atoms with Crippen LogP contribution in [0.25, 0.3) is 0 Å². The van der Waals surface area contributed by atoms with E-state index in [1.54, 1.807) is 6.92 Å². The number of amidine groups is 1. The zero-order valence-corrected chi connectivity index (χ0v) is 10.7. The fraction of sp³-hybridized carbons (Fsp3) is 0.700. The van der Waals surface area contributed by atoms with Crippen LogP contribution in [0.15, 0.2) is 4.99 Å². The molecular weight excluding hydrogens is 242 g/mol. The van der Waals surface area contributed by atoms with Gasteiger partial charge in [0.05, 0.1) is 18.4 Å².